The summed E-state index contributed by atoms with van der Waals surface area (Å²) in [5, 5.41) is 0. The Kier molecular flexibility index (Phi) is 4.90. The maximum atomic E-state index is 13.0. The third-order valence-corrected chi connectivity index (χ3v) is 4.98. The zero-order chi connectivity index (χ0) is 17.3. The van der Waals surface area contributed by atoms with E-state index in [0.717, 1.165) is 36.3 Å². The number of para-hydroxylation sites is 2. The molecule has 130 valence electrons. The minimum absolute atomic E-state index is 0.0224. The number of fused-ring (bicyclic) bond motifs is 1. The van der Waals surface area contributed by atoms with Gasteiger partial charge < -0.3 is 14.2 Å². The maximum absolute atomic E-state index is 13.0. The minimum Gasteiger partial charge on any atom is -0.377 e. The van der Waals surface area contributed by atoms with Crippen LogP contribution in [0.15, 0.2) is 24.3 Å². The molecule has 5 heteroatoms. The van der Waals surface area contributed by atoms with Gasteiger partial charge in [-0.25, -0.2) is 4.98 Å². The molecule has 5 nitrogen and oxygen atoms in total. The molecule has 1 aromatic heterocycles. The summed E-state index contributed by atoms with van der Waals surface area (Å²) in [5.41, 5.74) is 2.06. The van der Waals surface area contributed by atoms with Crippen LogP contribution in [-0.2, 0) is 23.1 Å². The Balaban J connectivity index is 1.76. The molecular formula is C19H27N3O2. The highest BCUT2D eigenvalue weighted by atomic mass is 16.5. The molecule has 3 rings (SSSR count). The molecule has 2 atom stereocenters. The van der Waals surface area contributed by atoms with Gasteiger partial charge in [-0.2, -0.15) is 0 Å². The van der Waals surface area contributed by atoms with Gasteiger partial charge in [0.05, 0.1) is 29.6 Å². The highest BCUT2D eigenvalue weighted by Crippen LogP contribution is 2.28. The molecule has 0 aliphatic carbocycles. The SMILES string of the molecule is CC(C)[C@@H]1OCCC[C@H]1C(=O)N(C)Cc1nc2ccccc2n1C. The largest absolute Gasteiger partial charge is 0.377 e. The van der Waals surface area contributed by atoms with Crippen molar-refractivity contribution in [1.82, 2.24) is 14.5 Å². The van der Waals surface area contributed by atoms with Crippen molar-refractivity contribution in [2.75, 3.05) is 13.7 Å². The number of nitrogens with zero attached hydrogens (tertiary/aromatic N) is 3. The number of aryl methyl sites for hydroxylation is 1. The van der Waals surface area contributed by atoms with E-state index in [1.807, 2.05) is 32.3 Å². The molecule has 1 amide bonds. The maximum Gasteiger partial charge on any atom is 0.228 e. The van der Waals surface area contributed by atoms with Crippen LogP contribution in [0.4, 0.5) is 0 Å². The summed E-state index contributed by atoms with van der Waals surface area (Å²) >= 11 is 0. The molecule has 2 heterocycles. The van der Waals surface area contributed by atoms with Gasteiger partial charge in [0, 0.05) is 20.7 Å². The first kappa shape index (κ1) is 17.0. The lowest BCUT2D eigenvalue weighted by Gasteiger charge is -2.35. The van der Waals surface area contributed by atoms with Crippen molar-refractivity contribution in [2.45, 2.75) is 39.3 Å². The molecule has 0 saturated carbocycles. The number of amides is 1. The molecule has 0 unspecified atom stereocenters. The van der Waals surface area contributed by atoms with Crippen LogP contribution >= 0.6 is 0 Å². The van der Waals surface area contributed by atoms with Gasteiger partial charge in [-0.15, -0.1) is 0 Å². The molecule has 24 heavy (non-hydrogen) atoms. The van der Waals surface area contributed by atoms with Gasteiger partial charge in [-0.05, 0) is 30.9 Å². The van der Waals surface area contributed by atoms with E-state index in [9.17, 15) is 4.79 Å². The molecule has 1 saturated heterocycles. The molecule has 0 bridgehead atoms. The first-order chi connectivity index (χ1) is 11.5. The van der Waals surface area contributed by atoms with Crippen molar-refractivity contribution in [3.05, 3.63) is 30.1 Å². The summed E-state index contributed by atoms with van der Waals surface area (Å²) in [6, 6.07) is 8.05. The van der Waals surface area contributed by atoms with Gasteiger partial charge in [0.25, 0.3) is 0 Å². The summed E-state index contributed by atoms with van der Waals surface area (Å²) < 4.78 is 7.94. The zero-order valence-electron chi connectivity index (χ0n) is 15.0. The fourth-order valence-electron chi connectivity index (χ4n) is 3.63. The van der Waals surface area contributed by atoms with E-state index in [1.165, 1.54) is 0 Å². The highest BCUT2D eigenvalue weighted by molar-refractivity contribution is 5.80. The molecule has 1 aliphatic rings. The topological polar surface area (TPSA) is 47.4 Å². The van der Waals surface area contributed by atoms with E-state index in [2.05, 4.69) is 29.5 Å². The zero-order valence-corrected chi connectivity index (χ0v) is 15.0. The second-order valence-corrected chi connectivity index (χ2v) is 7.10. The lowest BCUT2D eigenvalue weighted by atomic mass is 9.86. The van der Waals surface area contributed by atoms with Crippen LogP contribution in [0.2, 0.25) is 0 Å². The highest BCUT2D eigenvalue weighted by Gasteiger charge is 2.35. The lowest BCUT2D eigenvalue weighted by Crippen LogP contribution is -2.44. The summed E-state index contributed by atoms with van der Waals surface area (Å²) in [5.74, 6) is 1.38. The molecular weight excluding hydrogens is 302 g/mol. The molecule has 0 N–H and O–H groups in total. The Hall–Kier alpha value is -1.88. The summed E-state index contributed by atoms with van der Waals surface area (Å²) in [4.78, 5) is 19.4. The Bertz CT molecular complexity index is 722. The fraction of sp³-hybridized carbons (Fsp3) is 0.579. The van der Waals surface area contributed by atoms with Gasteiger partial charge in [0.1, 0.15) is 5.82 Å². The number of carbonyl (C=O) groups excluding carboxylic acids is 1. The molecule has 2 aromatic rings. The number of ether oxygens (including phenoxy) is 1. The monoisotopic (exact) mass is 329 g/mol. The van der Waals surface area contributed by atoms with Crippen molar-refractivity contribution in [3.8, 4) is 0 Å². The number of aromatic nitrogens is 2. The number of carbonyl (C=O) groups is 1. The Labute approximate surface area is 143 Å². The van der Waals surface area contributed by atoms with Crippen molar-refractivity contribution in [1.29, 1.82) is 0 Å². The average molecular weight is 329 g/mol. The van der Waals surface area contributed by atoms with Crippen LogP contribution in [0.3, 0.4) is 0 Å². The predicted molar refractivity (Wildman–Crippen MR) is 94.5 cm³/mol. The molecule has 1 aromatic carbocycles. The van der Waals surface area contributed by atoms with Gasteiger partial charge in [-0.3, -0.25) is 4.79 Å². The Morgan fingerprint density at radius 3 is 2.88 bits per heavy atom. The van der Waals surface area contributed by atoms with Crippen LogP contribution in [0, 0.1) is 11.8 Å². The quantitative estimate of drug-likeness (QED) is 0.866. The van der Waals surface area contributed by atoms with Crippen molar-refractivity contribution in [2.24, 2.45) is 18.9 Å². The number of imidazole rings is 1. The summed E-state index contributed by atoms with van der Waals surface area (Å²) in [7, 11) is 3.87. The lowest BCUT2D eigenvalue weighted by molar-refractivity contribution is -0.147. The second-order valence-electron chi connectivity index (χ2n) is 7.10. The normalized spacial score (nSPS) is 21.4. The number of rotatable bonds is 4. The molecule has 0 spiro atoms. The third kappa shape index (κ3) is 3.18. The first-order valence-electron chi connectivity index (χ1n) is 8.76. The van der Waals surface area contributed by atoms with E-state index in [-0.39, 0.29) is 17.9 Å². The molecule has 0 radical (unpaired) electrons. The van der Waals surface area contributed by atoms with Crippen LogP contribution in [0.1, 0.15) is 32.5 Å². The van der Waals surface area contributed by atoms with Crippen LogP contribution in [-0.4, -0.2) is 40.1 Å². The average Bonchev–Trinajstić information content (AvgIpc) is 2.90. The summed E-state index contributed by atoms with van der Waals surface area (Å²) in [6.45, 7) is 5.54. The fourth-order valence-corrected chi connectivity index (χ4v) is 3.63. The standard InChI is InChI=1S/C19H27N3O2/c1-13(2)18-14(8-7-11-24-18)19(23)21(3)12-17-20-15-9-5-6-10-16(15)22(17)4/h5-6,9-10,13-14,18H,7-8,11-12H2,1-4H3/t14-,18+/m1/s1. The number of hydrogen-bond donors (Lipinski definition) is 0. The number of benzene rings is 1. The number of hydrogen-bond acceptors (Lipinski definition) is 3. The summed E-state index contributed by atoms with van der Waals surface area (Å²) in [6.07, 6.45) is 1.89. The smallest absolute Gasteiger partial charge is 0.228 e. The van der Waals surface area contributed by atoms with Crippen molar-refractivity contribution in [3.63, 3.8) is 0 Å². The Morgan fingerprint density at radius 1 is 1.42 bits per heavy atom. The molecule has 1 aliphatic heterocycles. The molecule has 1 fully saturated rings. The minimum atomic E-state index is -0.0431. The second kappa shape index (κ2) is 6.93. The van der Waals surface area contributed by atoms with Crippen LogP contribution in [0.5, 0.6) is 0 Å². The van der Waals surface area contributed by atoms with E-state index in [1.54, 1.807) is 4.90 Å². The van der Waals surface area contributed by atoms with Gasteiger partial charge >= 0.3 is 0 Å². The van der Waals surface area contributed by atoms with E-state index in [4.69, 9.17) is 4.74 Å². The van der Waals surface area contributed by atoms with Crippen molar-refractivity contribution < 1.29 is 9.53 Å². The van der Waals surface area contributed by atoms with E-state index < -0.39 is 0 Å². The van der Waals surface area contributed by atoms with Crippen LogP contribution in [0.25, 0.3) is 11.0 Å². The van der Waals surface area contributed by atoms with E-state index >= 15 is 0 Å². The van der Waals surface area contributed by atoms with Crippen LogP contribution < -0.4 is 0 Å². The van der Waals surface area contributed by atoms with Crippen molar-refractivity contribution >= 4 is 16.9 Å². The first-order valence-corrected chi connectivity index (χ1v) is 8.76. The van der Waals surface area contributed by atoms with Gasteiger partial charge in [0.2, 0.25) is 5.91 Å². The van der Waals surface area contributed by atoms with Gasteiger partial charge in [-0.1, -0.05) is 26.0 Å². The predicted octanol–water partition coefficient (Wildman–Crippen LogP) is 2.98. The van der Waals surface area contributed by atoms with Gasteiger partial charge in [0.15, 0.2) is 0 Å². The Morgan fingerprint density at radius 2 is 2.17 bits per heavy atom. The third-order valence-electron chi connectivity index (χ3n) is 4.98. The van der Waals surface area contributed by atoms with E-state index in [0.29, 0.717) is 12.5 Å².